The zero-order valence-electron chi connectivity index (χ0n) is 6.26. The first kappa shape index (κ1) is 9.70. The fourth-order valence-corrected chi connectivity index (χ4v) is 1.76. The Morgan fingerprint density at radius 3 is 2.56 bits per heavy atom. The van der Waals surface area contributed by atoms with Crippen LogP contribution in [0.15, 0.2) is 0 Å². The van der Waals surface area contributed by atoms with E-state index in [1.807, 2.05) is 11.8 Å². The van der Waals surface area contributed by atoms with Crippen LogP contribution in [0.25, 0.3) is 0 Å². The Morgan fingerprint density at radius 2 is 2.11 bits per heavy atom. The molecule has 0 rings (SSSR count). The largest absolute Gasteiger partial charge is 0.175 e. The fraction of sp³-hybridized carbons (Fsp3) is 1.00. The first-order valence-corrected chi connectivity index (χ1v) is 5.24. The van der Waals surface area contributed by atoms with E-state index in [-0.39, 0.29) is 0 Å². The lowest BCUT2D eigenvalue weighted by molar-refractivity contribution is 0.922. The molecule has 2 heteroatoms. The summed E-state index contributed by atoms with van der Waals surface area (Å²) >= 11 is 6.39. The van der Waals surface area contributed by atoms with Gasteiger partial charge < -0.3 is 0 Å². The van der Waals surface area contributed by atoms with Crippen molar-refractivity contribution in [2.24, 2.45) is 0 Å². The van der Waals surface area contributed by atoms with Gasteiger partial charge in [0.2, 0.25) is 0 Å². The summed E-state index contributed by atoms with van der Waals surface area (Å²) in [6.07, 6.45) is 2.48. The number of rotatable bonds is 5. The highest BCUT2D eigenvalue weighted by molar-refractivity contribution is 8.00. The Hall–Kier alpha value is 0.700. The van der Waals surface area contributed by atoms with Gasteiger partial charge in [0.25, 0.3) is 0 Å². The van der Waals surface area contributed by atoms with E-state index in [1.54, 1.807) is 0 Å². The summed E-state index contributed by atoms with van der Waals surface area (Å²) in [5, 5.41) is 0.613. The van der Waals surface area contributed by atoms with Crippen molar-refractivity contribution in [3.8, 4) is 0 Å². The summed E-state index contributed by atoms with van der Waals surface area (Å²) in [6, 6.07) is 0. The lowest BCUT2D eigenvalue weighted by atomic mass is 10.4. The van der Waals surface area contributed by atoms with Crippen LogP contribution in [-0.4, -0.2) is 16.8 Å². The van der Waals surface area contributed by atoms with Crippen LogP contribution < -0.4 is 0 Å². The lowest BCUT2D eigenvalue weighted by Crippen LogP contribution is -1.99. The molecule has 0 aliphatic heterocycles. The first-order valence-electron chi connectivity index (χ1n) is 3.57. The zero-order chi connectivity index (χ0) is 7.11. The molecule has 0 aliphatic rings. The van der Waals surface area contributed by atoms with Crippen LogP contribution in [0.3, 0.4) is 0 Å². The number of hydrogen-bond acceptors (Lipinski definition) is 2. The molecule has 9 heavy (non-hydrogen) atoms. The quantitative estimate of drug-likeness (QED) is 0.481. The van der Waals surface area contributed by atoms with Crippen LogP contribution in [0.1, 0.15) is 26.7 Å². The maximum absolute atomic E-state index is 4.38. The monoisotopic (exact) mass is 164 g/mol. The Balaban J connectivity index is 2.88. The molecular formula is C7H16S2. The molecule has 0 heterocycles. The van der Waals surface area contributed by atoms with Gasteiger partial charge in [0.15, 0.2) is 0 Å². The molecule has 0 radical (unpaired) electrons. The molecule has 0 saturated carbocycles. The van der Waals surface area contributed by atoms with Gasteiger partial charge in [0, 0.05) is 11.0 Å². The molecule has 0 bridgehead atoms. The average Bonchev–Trinajstić information content (AvgIpc) is 1.89. The predicted octanol–water partition coefficient (Wildman–Crippen LogP) is 2.84. The molecule has 0 aromatic heterocycles. The van der Waals surface area contributed by atoms with Crippen molar-refractivity contribution in [2.75, 3.05) is 11.5 Å². The summed E-state index contributed by atoms with van der Waals surface area (Å²) in [5.41, 5.74) is 0. The molecule has 1 atom stereocenters. The van der Waals surface area contributed by atoms with E-state index in [0.717, 1.165) is 0 Å². The highest BCUT2D eigenvalue weighted by Gasteiger charge is 1.97. The SMILES string of the molecule is CCCSCC(S)CC. The number of hydrogen-bond donors (Lipinski definition) is 1. The van der Waals surface area contributed by atoms with Crippen LogP contribution in [-0.2, 0) is 0 Å². The maximum Gasteiger partial charge on any atom is 0.0105 e. The first-order chi connectivity index (χ1) is 4.31. The highest BCUT2D eigenvalue weighted by atomic mass is 32.2. The Labute approximate surface area is 68.2 Å². The van der Waals surface area contributed by atoms with Crippen molar-refractivity contribution >= 4 is 24.4 Å². The topological polar surface area (TPSA) is 0 Å². The van der Waals surface area contributed by atoms with E-state index < -0.39 is 0 Å². The minimum Gasteiger partial charge on any atom is -0.175 e. The minimum absolute atomic E-state index is 0.613. The van der Waals surface area contributed by atoms with Crippen molar-refractivity contribution in [2.45, 2.75) is 31.9 Å². The molecule has 0 nitrogen and oxygen atoms in total. The number of thioether (sulfide) groups is 1. The van der Waals surface area contributed by atoms with Crippen LogP contribution in [0.2, 0.25) is 0 Å². The van der Waals surface area contributed by atoms with Gasteiger partial charge in [-0.3, -0.25) is 0 Å². The molecule has 0 amide bonds. The minimum atomic E-state index is 0.613. The molecule has 0 spiro atoms. The van der Waals surface area contributed by atoms with Crippen LogP contribution in [0, 0.1) is 0 Å². The Kier molecular flexibility index (Phi) is 7.34. The van der Waals surface area contributed by atoms with Gasteiger partial charge >= 0.3 is 0 Å². The molecule has 0 aromatic carbocycles. The summed E-state index contributed by atoms with van der Waals surface area (Å²) in [5.74, 6) is 2.50. The van der Waals surface area contributed by atoms with E-state index in [4.69, 9.17) is 0 Å². The van der Waals surface area contributed by atoms with Gasteiger partial charge in [-0.05, 0) is 18.6 Å². The predicted molar refractivity (Wildman–Crippen MR) is 50.7 cm³/mol. The van der Waals surface area contributed by atoms with Gasteiger partial charge in [-0.1, -0.05) is 13.8 Å². The van der Waals surface area contributed by atoms with Gasteiger partial charge in [0.05, 0.1) is 0 Å². The van der Waals surface area contributed by atoms with Crippen molar-refractivity contribution in [3.63, 3.8) is 0 Å². The van der Waals surface area contributed by atoms with Crippen molar-refractivity contribution in [1.82, 2.24) is 0 Å². The molecule has 0 saturated heterocycles. The van der Waals surface area contributed by atoms with Gasteiger partial charge in [-0.15, -0.1) is 0 Å². The number of thiol groups is 1. The van der Waals surface area contributed by atoms with Crippen molar-refractivity contribution < 1.29 is 0 Å². The molecule has 0 aliphatic carbocycles. The molecule has 56 valence electrons. The second kappa shape index (κ2) is 6.81. The maximum atomic E-state index is 4.38. The molecule has 1 unspecified atom stereocenters. The van der Waals surface area contributed by atoms with E-state index in [1.165, 1.54) is 24.3 Å². The van der Waals surface area contributed by atoms with Crippen LogP contribution in [0.4, 0.5) is 0 Å². The van der Waals surface area contributed by atoms with Gasteiger partial charge in [-0.25, -0.2) is 0 Å². The molecule has 0 aromatic rings. The Bertz CT molecular complexity index is 54.9. The zero-order valence-corrected chi connectivity index (χ0v) is 7.97. The third-order valence-electron chi connectivity index (χ3n) is 1.13. The second-order valence-electron chi connectivity index (χ2n) is 2.14. The lowest BCUT2D eigenvalue weighted by Gasteiger charge is -2.04. The summed E-state index contributed by atoms with van der Waals surface area (Å²) in [7, 11) is 0. The van der Waals surface area contributed by atoms with Crippen LogP contribution >= 0.6 is 24.4 Å². The smallest absolute Gasteiger partial charge is 0.0105 e. The second-order valence-corrected chi connectivity index (χ2v) is 4.02. The van der Waals surface area contributed by atoms with Crippen molar-refractivity contribution in [1.29, 1.82) is 0 Å². The van der Waals surface area contributed by atoms with Gasteiger partial charge in [0.1, 0.15) is 0 Å². The average molecular weight is 164 g/mol. The third kappa shape index (κ3) is 6.59. The normalized spacial score (nSPS) is 13.7. The Morgan fingerprint density at radius 1 is 1.44 bits per heavy atom. The van der Waals surface area contributed by atoms with Crippen molar-refractivity contribution in [3.05, 3.63) is 0 Å². The van der Waals surface area contributed by atoms with E-state index in [0.29, 0.717) is 5.25 Å². The van der Waals surface area contributed by atoms with E-state index >= 15 is 0 Å². The highest BCUT2D eigenvalue weighted by Crippen LogP contribution is 2.10. The molecular weight excluding hydrogens is 148 g/mol. The fourth-order valence-electron chi connectivity index (χ4n) is 0.482. The standard InChI is InChI=1S/C7H16S2/c1-3-5-9-6-7(8)4-2/h7-8H,3-6H2,1-2H3. The van der Waals surface area contributed by atoms with E-state index in [2.05, 4.69) is 26.5 Å². The van der Waals surface area contributed by atoms with Crippen LogP contribution in [0.5, 0.6) is 0 Å². The third-order valence-corrected chi connectivity index (χ3v) is 3.26. The summed E-state index contributed by atoms with van der Waals surface area (Å²) in [4.78, 5) is 0. The molecule has 0 fully saturated rings. The molecule has 0 N–H and O–H groups in total. The van der Waals surface area contributed by atoms with Gasteiger partial charge in [-0.2, -0.15) is 24.4 Å². The van der Waals surface area contributed by atoms with E-state index in [9.17, 15) is 0 Å². The summed E-state index contributed by atoms with van der Waals surface area (Å²) in [6.45, 7) is 4.40. The summed E-state index contributed by atoms with van der Waals surface area (Å²) < 4.78 is 0.